The number of amides is 2. The first-order chi connectivity index (χ1) is 5.68. The van der Waals surface area contributed by atoms with E-state index in [1.54, 1.807) is 6.92 Å². The zero-order valence-corrected chi connectivity index (χ0v) is 7.52. The molecule has 1 fully saturated rings. The number of rotatable bonds is 2. The normalized spacial score (nSPS) is 17.4. The van der Waals surface area contributed by atoms with Gasteiger partial charge in [0.1, 0.15) is 0 Å². The molecule has 0 aliphatic heterocycles. The molecule has 2 amide bonds. The molecule has 0 bridgehead atoms. The van der Waals surface area contributed by atoms with Gasteiger partial charge >= 0.3 is 6.03 Å². The van der Waals surface area contributed by atoms with Crippen LogP contribution in [-0.4, -0.2) is 12.1 Å². The molecule has 2 N–H and O–H groups in total. The molecule has 0 aromatic rings. The Balaban J connectivity index is 2.20. The summed E-state index contributed by atoms with van der Waals surface area (Å²) in [7, 11) is 0. The maximum Gasteiger partial charge on any atom is 0.319 e. The Morgan fingerprint density at radius 2 is 2.00 bits per heavy atom. The van der Waals surface area contributed by atoms with E-state index in [0.717, 1.165) is 12.8 Å². The largest absolute Gasteiger partial charge is 0.335 e. The van der Waals surface area contributed by atoms with Crippen molar-refractivity contribution in [2.75, 3.05) is 0 Å². The quantitative estimate of drug-likeness (QED) is 0.648. The van der Waals surface area contributed by atoms with Gasteiger partial charge in [0.2, 0.25) is 0 Å². The summed E-state index contributed by atoms with van der Waals surface area (Å²) in [5, 5.41) is 5.52. The number of hydrogen-bond donors (Lipinski definition) is 2. The molecule has 1 saturated carbocycles. The third-order valence-electron chi connectivity index (χ3n) is 2.02. The number of nitrogens with one attached hydrogen (secondary N) is 2. The van der Waals surface area contributed by atoms with Gasteiger partial charge in [0.25, 0.3) is 0 Å². The lowest BCUT2D eigenvalue weighted by Crippen LogP contribution is -2.39. The van der Waals surface area contributed by atoms with Crippen molar-refractivity contribution in [3.63, 3.8) is 0 Å². The first kappa shape index (κ1) is 9.10. The molecule has 0 spiro atoms. The van der Waals surface area contributed by atoms with Crippen molar-refractivity contribution in [2.45, 2.75) is 38.6 Å². The lowest BCUT2D eigenvalue weighted by Gasteiger charge is -2.12. The van der Waals surface area contributed by atoms with Gasteiger partial charge in [-0.3, -0.25) is 0 Å². The molecule has 0 unspecified atom stereocenters. The minimum Gasteiger partial charge on any atom is -0.335 e. The predicted octanol–water partition coefficient (Wildman–Crippen LogP) is 1.76. The molecule has 68 valence electrons. The van der Waals surface area contributed by atoms with Crippen molar-refractivity contribution in [3.8, 4) is 0 Å². The van der Waals surface area contributed by atoms with Gasteiger partial charge in [0.15, 0.2) is 0 Å². The van der Waals surface area contributed by atoms with E-state index in [1.807, 2.05) is 0 Å². The van der Waals surface area contributed by atoms with Crippen LogP contribution in [0.2, 0.25) is 0 Å². The highest BCUT2D eigenvalue weighted by atomic mass is 16.2. The van der Waals surface area contributed by atoms with Crippen molar-refractivity contribution >= 4 is 6.03 Å². The van der Waals surface area contributed by atoms with Crippen LogP contribution in [0, 0.1) is 0 Å². The van der Waals surface area contributed by atoms with E-state index in [9.17, 15) is 4.79 Å². The standard InChI is InChI=1S/C9H16N2O/c1-7(2)10-9(12)11-8-5-3-4-6-8/h8H,1,3-6H2,2H3,(H2,10,11,12). The summed E-state index contributed by atoms with van der Waals surface area (Å²) in [6.07, 6.45) is 4.70. The van der Waals surface area contributed by atoms with Gasteiger partial charge in [0.05, 0.1) is 0 Å². The number of hydrogen-bond acceptors (Lipinski definition) is 1. The Morgan fingerprint density at radius 3 is 2.50 bits per heavy atom. The molecule has 0 aromatic carbocycles. The molecule has 0 atom stereocenters. The molecule has 3 nitrogen and oxygen atoms in total. The van der Waals surface area contributed by atoms with E-state index in [0.29, 0.717) is 11.7 Å². The van der Waals surface area contributed by atoms with Gasteiger partial charge in [-0.05, 0) is 19.8 Å². The Labute approximate surface area is 73.2 Å². The third-order valence-corrected chi connectivity index (χ3v) is 2.02. The molecule has 0 heterocycles. The second kappa shape index (κ2) is 4.14. The fourth-order valence-corrected chi connectivity index (χ4v) is 1.49. The van der Waals surface area contributed by atoms with Crippen LogP contribution in [0.1, 0.15) is 32.6 Å². The summed E-state index contributed by atoms with van der Waals surface area (Å²) in [6, 6.07) is 0.263. The molecular formula is C9H16N2O. The van der Waals surface area contributed by atoms with Crippen LogP contribution in [-0.2, 0) is 0 Å². The second-order valence-corrected chi connectivity index (χ2v) is 3.36. The van der Waals surface area contributed by atoms with E-state index < -0.39 is 0 Å². The number of allylic oxidation sites excluding steroid dienone is 1. The minimum atomic E-state index is -0.116. The Morgan fingerprint density at radius 1 is 1.42 bits per heavy atom. The van der Waals surface area contributed by atoms with Gasteiger partial charge in [-0.1, -0.05) is 19.4 Å². The average molecular weight is 168 g/mol. The van der Waals surface area contributed by atoms with Gasteiger partial charge in [-0.15, -0.1) is 0 Å². The molecule has 0 aromatic heterocycles. The van der Waals surface area contributed by atoms with Crippen LogP contribution in [0.3, 0.4) is 0 Å². The van der Waals surface area contributed by atoms with Crippen LogP contribution >= 0.6 is 0 Å². The molecule has 12 heavy (non-hydrogen) atoms. The molecule has 3 heteroatoms. The molecule has 0 radical (unpaired) electrons. The van der Waals surface area contributed by atoms with E-state index >= 15 is 0 Å². The zero-order chi connectivity index (χ0) is 8.97. The van der Waals surface area contributed by atoms with E-state index in [2.05, 4.69) is 17.2 Å². The second-order valence-electron chi connectivity index (χ2n) is 3.36. The van der Waals surface area contributed by atoms with E-state index in [-0.39, 0.29) is 6.03 Å². The van der Waals surface area contributed by atoms with Crippen LogP contribution in [0.5, 0.6) is 0 Å². The topological polar surface area (TPSA) is 41.1 Å². The van der Waals surface area contributed by atoms with Gasteiger partial charge < -0.3 is 10.6 Å². The van der Waals surface area contributed by atoms with Crippen LogP contribution in [0.4, 0.5) is 4.79 Å². The maximum atomic E-state index is 11.1. The summed E-state index contributed by atoms with van der Waals surface area (Å²) in [6.45, 7) is 5.37. The first-order valence-electron chi connectivity index (χ1n) is 4.41. The molecular weight excluding hydrogens is 152 g/mol. The highest BCUT2D eigenvalue weighted by molar-refractivity contribution is 5.75. The highest BCUT2D eigenvalue weighted by Gasteiger charge is 2.16. The SMILES string of the molecule is C=C(C)NC(=O)NC1CCCC1. The summed E-state index contributed by atoms with van der Waals surface area (Å²) >= 11 is 0. The minimum absolute atomic E-state index is 0.116. The summed E-state index contributed by atoms with van der Waals surface area (Å²) in [4.78, 5) is 11.1. The molecule has 0 saturated heterocycles. The molecule has 1 rings (SSSR count). The smallest absolute Gasteiger partial charge is 0.319 e. The van der Waals surface area contributed by atoms with Crippen molar-refractivity contribution in [1.29, 1.82) is 0 Å². The van der Waals surface area contributed by atoms with Crippen molar-refractivity contribution in [3.05, 3.63) is 12.3 Å². The van der Waals surface area contributed by atoms with E-state index in [4.69, 9.17) is 0 Å². The lowest BCUT2D eigenvalue weighted by molar-refractivity contribution is 0.239. The number of carbonyl (C=O) groups is 1. The van der Waals surface area contributed by atoms with Crippen LogP contribution < -0.4 is 10.6 Å². The van der Waals surface area contributed by atoms with Crippen LogP contribution in [0.25, 0.3) is 0 Å². The van der Waals surface area contributed by atoms with Gasteiger partial charge in [-0.2, -0.15) is 0 Å². The molecule has 1 aliphatic rings. The lowest BCUT2D eigenvalue weighted by atomic mass is 10.2. The van der Waals surface area contributed by atoms with Crippen molar-refractivity contribution in [1.82, 2.24) is 10.6 Å². The number of urea groups is 1. The third kappa shape index (κ3) is 2.95. The van der Waals surface area contributed by atoms with Crippen molar-refractivity contribution in [2.24, 2.45) is 0 Å². The highest BCUT2D eigenvalue weighted by Crippen LogP contribution is 2.17. The summed E-state index contributed by atoms with van der Waals surface area (Å²) in [5.41, 5.74) is 0.686. The van der Waals surface area contributed by atoms with E-state index in [1.165, 1.54) is 12.8 Å². The average Bonchev–Trinajstić information content (AvgIpc) is 2.37. The summed E-state index contributed by atoms with van der Waals surface area (Å²) in [5.74, 6) is 0. The van der Waals surface area contributed by atoms with Crippen LogP contribution in [0.15, 0.2) is 12.3 Å². The first-order valence-corrected chi connectivity index (χ1v) is 4.41. The Hall–Kier alpha value is -0.990. The number of carbonyl (C=O) groups excluding carboxylic acids is 1. The monoisotopic (exact) mass is 168 g/mol. The predicted molar refractivity (Wildman–Crippen MR) is 48.7 cm³/mol. The maximum absolute atomic E-state index is 11.1. The fourth-order valence-electron chi connectivity index (χ4n) is 1.49. The Bertz CT molecular complexity index is 183. The van der Waals surface area contributed by atoms with Gasteiger partial charge in [0, 0.05) is 11.7 Å². The fraction of sp³-hybridized carbons (Fsp3) is 0.667. The van der Waals surface area contributed by atoms with Gasteiger partial charge in [-0.25, -0.2) is 4.79 Å². The summed E-state index contributed by atoms with van der Waals surface area (Å²) < 4.78 is 0. The Kier molecular flexibility index (Phi) is 3.14. The van der Waals surface area contributed by atoms with Crippen molar-refractivity contribution < 1.29 is 4.79 Å². The zero-order valence-electron chi connectivity index (χ0n) is 7.52. The molecule has 1 aliphatic carbocycles.